The van der Waals surface area contributed by atoms with Gasteiger partial charge in [0.2, 0.25) is 0 Å². The zero-order valence-electron chi connectivity index (χ0n) is 10.8. The van der Waals surface area contributed by atoms with E-state index >= 15 is 0 Å². The summed E-state index contributed by atoms with van der Waals surface area (Å²) in [6, 6.07) is 5.97. The van der Waals surface area contributed by atoms with Crippen LogP contribution in [0.15, 0.2) is 18.2 Å². The fraction of sp³-hybridized carbons (Fsp3) is 0.600. The summed E-state index contributed by atoms with van der Waals surface area (Å²) in [5.41, 5.74) is 1.21. The first-order valence-electron chi connectivity index (χ1n) is 6.83. The van der Waals surface area contributed by atoms with Gasteiger partial charge in [0.25, 0.3) is 0 Å². The highest BCUT2D eigenvalue weighted by molar-refractivity contribution is 6.31. The molecular weight excluding hydrogens is 246 g/mol. The average Bonchev–Trinajstić information content (AvgIpc) is 2.88. The highest BCUT2D eigenvalue weighted by Crippen LogP contribution is 2.46. The fourth-order valence-corrected chi connectivity index (χ4v) is 2.95. The number of ether oxygens (including phenoxy) is 1. The maximum absolute atomic E-state index is 6.22. The van der Waals surface area contributed by atoms with Crippen LogP contribution in [0.5, 0.6) is 5.75 Å². The lowest BCUT2D eigenvalue weighted by atomic mass is 9.99. The predicted octanol–water partition coefficient (Wildman–Crippen LogP) is 3.56. The third-order valence-corrected chi connectivity index (χ3v) is 4.52. The van der Waals surface area contributed by atoms with Crippen molar-refractivity contribution in [2.45, 2.75) is 38.2 Å². The van der Waals surface area contributed by atoms with Crippen molar-refractivity contribution in [3.63, 3.8) is 0 Å². The van der Waals surface area contributed by atoms with E-state index in [2.05, 4.69) is 11.4 Å². The lowest BCUT2D eigenvalue weighted by Crippen LogP contribution is -2.23. The molecule has 0 amide bonds. The van der Waals surface area contributed by atoms with E-state index in [9.17, 15) is 0 Å². The zero-order chi connectivity index (χ0) is 12.6. The number of aryl methyl sites for hydroxylation is 1. The Balaban J connectivity index is 1.65. The lowest BCUT2D eigenvalue weighted by molar-refractivity contribution is 0.148. The molecule has 1 aromatic carbocycles. The Morgan fingerprint density at radius 3 is 2.89 bits per heavy atom. The number of halogens is 1. The minimum Gasteiger partial charge on any atom is -0.487 e. The molecular formula is C15H20ClNO. The van der Waals surface area contributed by atoms with Crippen LogP contribution in [-0.2, 0) is 0 Å². The van der Waals surface area contributed by atoms with Crippen molar-refractivity contribution in [1.82, 2.24) is 5.32 Å². The quantitative estimate of drug-likeness (QED) is 0.899. The van der Waals surface area contributed by atoms with Crippen LogP contribution in [0.25, 0.3) is 0 Å². The number of nitrogens with one attached hydrogen (secondary N) is 1. The van der Waals surface area contributed by atoms with Crippen LogP contribution < -0.4 is 10.1 Å². The standard InChI is InChI=1S/C15H20ClNO/c1-11-8-13(2-3-14(11)16)18-15(5-6-15)9-12-4-7-17-10-12/h2-3,8,12,17H,4-7,9-10H2,1H3. The van der Waals surface area contributed by atoms with Crippen molar-refractivity contribution in [3.8, 4) is 5.75 Å². The SMILES string of the molecule is Cc1cc(OC2(CC3CCNC3)CC2)ccc1Cl. The van der Waals surface area contributed by atoms with E-state index in [4.69, 9.17) is 16.3 Å². The van der Waals surface area contributed by atoms with Crippen molar-refractivity contribution in [3.05, 3.63) is 28.8 Å². The molecule has 0 spiro atoms. The summed E-state index contributed by atoms with van der Waals surface area (Å²) in [5, 5.41) is 4.24. The molecule has 18 heavy (non-hydrogen) atoms. The van der Waals surface area contributed by atoms with E-state index < -0.39 is 0 Å². The summed E-state index contributed by atoms with van der Waals surface area (Å²) in [6.45, 7) is 4.35. The first-order chi connectivity index (χ1) is 8.67. The lowest BCUT2D eigenvalue weighted by Gasteiger charge is -2.21. The Bertz CT molecular complexity index is 436. The summed E-state index contributed by atoms with van der Waals surface area (Å²) < 4.78 is 6.22. The third kappa shape index (κ3) is 2.65. The van der Waals surface area contributed by atoms with Gasteiger partial charge in [-0.15, -0.1) is 0 Å². The predicted molar refractivity (Wildman–Crippen MR) is 74.4 cm³/mol. The normalized spacial score (nSPS) is 25.1. The van der Waals surface area contributed by atoms with Gasteiger partial charge in [-0.2, -0.15) is 0 Å². The second kappa shape index (κ2) is 4.75. The molecule has 1 aromatic rings. The molecule has 3 rings (SSSR count). The molecule has 1 N–H and O–H groups in total. The Hall–Kier alpha value is -0.730. The molecule has 1 unspecified atom stereocenters. The summed E-state index contributed by atoms with van der Waals surface area (Å²) in [7, 11) is 0. The highest BCUT2D eigenvalue weighted by atomic mass is 35.5. The van der Waals surface area contributed by atoms with Crippen molar-refractivity contribution in [1.29, 1.82) is 0 Å². The van der Waals surface area contributed by atoms with Crippen LogP contribution in [0.1, 0.15) is 31.2 Å². The Kier molecular flexibility index (Phi) is 3.25. The first-order valence-corrected chi connectivity index (χ1v) is 7.21. The number of hydrogen-bond acceptors (Lipinski definition) is 2. The summed E-state index contributed by atoms with van der Waals surface area (Å²) in [4.78, 5) is 0. The van der Waals surface area contributed by atoms with Crippen molar-refractivity contribution in [2.24, 2.45) is 5.92 Å². The van der Waals surface area contributed by atoms with Crippen LogP contribution in [0.3, 0.4) is 0 Å². The molecule has 1 aliphatic carbocycles. The highest BCUT2D eigenvalue weighted by Gasteiger charge is 2.47. The molecule has 1 heterocycles. The van der Waals surface area contributed by atoms with Gasteiger partial charge in [0, 0.05) is 5.02 Å². The molecule has 3 heteroatoms. The van der Waals surface area contributed by atoms with E-state index in [0.29, 0.717) is 0 Å². The van der Waals surface area contributed by atoms with Gasteiger partial charge in [0.05, 0.1) is 0 Å². The molecule has 2 nitrogen and oxygen atoms in total. The van der Waals surface area contributed by atoms with Gasteiger partial charge in [-0.1, -0.05) is 11.6 Å². The van der Waals surface area contributed by atoms with E-state index in [1.54, 1.807) is 0 Å². The second-order valence-electron chi connectivity index (χ2n) is 5.76. The van der Waals surface area contributed by atoms with E-state index in [1.165, 1.54) is 32.2 Å². The molecule has 2 fully saturated rings. The van der Waals surface area contributed by atoms with Gasteiger partial charge >= 0.3 is 0 Å². The van der Waals surface area contributed by atoms with Gasteiger partial charge in [0.1, 0.15) is 11.4 Å². The summed E-state index contributed by atoms with van der Waals surface area (Å²) in [5.74, 6) is 1.77. The molecule has 1 aliphatic heterocycles. The van der Waals surface area contributed by atoms with Crippen LogP contribution in [0.2, 0.25) is 5.02 Å². The molecule has 1 saturated heterocycles. The van der Waals surface area contributed by atoms with Crippen LogP contribution in [0, 0.1) is 12.8 Å². The molecule has 0 aromatic heterocycles. The Labute approximate surface area is 114 Å². The van der Waals surface area contributed by atoms with Gasteiger partial charge in [-0.3, -0.25) is 0 Å². The maximum atomic E-state index is 6.22. The van der Waals surface area contributed by atoms with Crippen LogP contribution in [-0.4, -0.2) is 18.7 Å². The molecule has 98 valence electrons. The molecule has 0 bridgehead atoms. The number of benzene rings is 1. The fourth-order valence-electron chi connectivity index (χ4n) is 2.83. The number of rotatable bonds is 4. The minimum absolute atomic E-state index is 0.122. The Morgan fingerprint density at radius 2 is 2.28 bits per heavy atom. The van der Waals surface area contributed by atoms with Gasteiger partial charge in [-0.25, -0.2) is 0 Å². The van der Waals surface area contributed by atoms with E-state index in [-0.39, 0.29) is 5.60 Å². The van der Waals surface area contributed by atoms with Gasteiger partial charge in [-0.05, 0) is 75.4 Å². The summed E-state index contributed by atoms with van der Waals surface area (Å²) in [6.07, 6.45) is 4.89. The molecule has 1 saturated carbocycles. The second-order valence-corrected chi connectivity index (χ2v) is 6.17. The monoisotopic (exact) mass is 265 g/mol. The average molecular weight is 266 g/mol. The molecule has 2 aliphatic rings. The molecule has 1 atom stereocenters. The van der Waals surface area contributed by atoms with E-state index in [1.807, 2.05) is 19.1 Å². The van der Waals surface area contributed by atoms with Crippen LogP contribution in [0.4, 0.5) is 0 Å². The van der Waals surface area contributed by atoms with Crippen molar-refractivity contribution < 1.29 is 4.74 Å². The van der Waals surface area contributed by atoms with Crippen molar-refractivity contribution in [2.75, 3.05) is 13.1 Å². The number of hydrogen-bond donors (Lipinski definition) is 1. The topological polar surface area (TPSA) is 21.3 Å². The van der Waals surface area contributed by atoms with Gasteiger partial charge in [0.15, 0.2) is 0 Å². The van der Waals surface area contributed by atoms with Crippen molar-refractivity contribution >= 4 is 11.6 Å². The smallest absolute Gasteiger partial charge is 0.120 e. The third-order valence-electron chi connectivity index (χ3n) is 4.09. The first kappa shape index (κ1) is 12.3. The van der Waals surface area contributed by atoms with Gasteiger partial charge < -0.3 is 10.1 Å². The molecule has 0 radical (unpaired) electrons. The minimum atomic E-state index is 0.122. The Morgan fingerprint density at radius 1 is 1.44 bits per heavy atom. The van der Waals surface area contributed by atoms with E-state index in [0.717, 1.165) is 28.8 Å². The largest absolute Gasteiger partial charge is 0.487 e. The zero-order valence-corrected chi connectivity index (χ0v) is 11.6. The summed E-state index contributed by atoms with van der Waals surface area (Å²) >= 11 is 6.04. The van der Waals surface area contributed by atoms with Crippen LogP contribution >= 0.6 is 11.6 Å². The maximum Gasteiger partial charge on any atom is 0.120 e.